The average molecular weight is 1680 g/mol. The van der Waals surface area contributed by atoms with Crippen molar-refractivity contribution in [2.75, 3.05) is 52.0 Å². The summed E-state index contributed by atoms with van der Waals surface area (Å²) in [6, 6.07) is 38.7. The molecule has 2 fully saturated rings. The van der Waals surface area contributed by atoms with Crippen LogP contribution in [0.25, 0.3) is 5.52 Å². The number of phosphoric acid groups is 2. The second kappa shape index (κ2) is 51.7. The molecule has 4 heterocycles. The lowest BCUT2D eigenvalue weighted by atomic mass is 9.92. The Bertz CT molecular complexity index is 4100. The number of nitrogens with two attached hydrogens (primary N) is 1. The summed E-state index contributed by atoms with van der Waals surface area (Å²) in [4.78, 5) is 36.1. The van der Waals surface area contributed by atoms with E-state index in [1.54, 1.807) is 50.2 Å². The Kier molecular flexibility index (Phi) is 41.6. The van der Waals surface area contributed by atoms with E-state index in [4.69, 9.17) is 66.0 Å². The fourth-order valence-corrected chi connectivity index (χ4v) is 16.7. The minimum Gasteiger partial charge on any atom is -0.491 e. The first-order valence-corrected chi connectivity index (χ1v) is 45.2. The standard InChI is InChI=1S/C48H67N6O11P.C39H55N2O10P/c1-4-5-6-7-8-9-10-11-12-13-14-15-16-17-18-22-31-58-32-40(33-59-38-23-20-19-21-24-38)65-66(57,64-39-27-25-37(26-28-39)54(55)56)60-34-42-44-45(63-47(2,3)62-44)48(35-49,61-42)43-30-29-41-46(50)51-36-52-53(41)43;1-2-3-4-5-6-7-8-9-10-11-12-13-14-15-16-20-31-47-32-39(33-48-36-21-18-17-19-22-36)51-52(46,49-37-27-23-34(24-28-37)40(42)43)50-38-29-25-35(26-30-38)41(44)45/h19-21,23-30,36,40,42,44-45H,4-18,22,31-34H2,1-3H3,(H2,50,51,52);17-19,21-30,39H,2-16,20,31-33H2,1H3/t40-,42-,44-,45-,48+,66?;39-/m11/s1. The van der Waals surface area contributed by atoms with Crippen molar-refractivity contribution in [3.05, 3.63) is 188 Å². The first kappa shape index (κ1) is 94.8. The van der Waals surface area contributed by atoms with Gasteiger partial charge in [-0.2, -0.15) is 10.4 Å². The molecule has 31 heteroatoms. The van der Waals surface area contributed by atoms with E-state index in [0.29, 0.717) is 35.9 Å². The van der Waals surface area contributed by atoms with Crippen molar-refractivity contribution in [3.8, 4) is 34.8 Å². The number of anilines is 1. The van der Waals surface area contributed by atoms with Crippen LogP contribution in [0.4, 0.5) is 22.9 Å². The summed E-state index contributed by atoms with van der Waals surface area (Å²) in [7, 11) is -9.17. The number of hydrogen-bond acceptors (Lipinski definition) is 25. The Balaban J connectivity index is 0.000000303. The normalized spacial score (nSPS) is 17.2. The molecule has 2 aliphatic rings. The summed E-state index contributed by atoms with van der Waals surface area (Å²) in [6.07, 6.45) is 37.0. The number of ether oxygens (including phenoxy) is 7. The quantitative estimate of drug-likeness (QED) is 0.0160. The molecular weight excluding hydrogens is 1550 g/mol. The molecule has 2 N–H and O–H groups in total. The van der Waals surface area contributed by atoms with Crippen LogP contribution in [0.1, 0.15) is 239 Å². The van der Waals surface area contributed by atoms with Gasteiger partial charge in [0, 0.05) is 49.6 Å². The highest BCUT2D eigenvalue weighted by molar-refractivity contribution is 7.49. The Morgan fingerprint density at radius 1 is 0.475 bits per heavy atom. The number of non-ortho nitro benzene ring substituents is 3. The molecule has 2 saturated heterocycles. The molecule has 29 nitrogen and oxygen atoms in total. The predicted octanol–water partition coefficient (Wildman–Crippen LogP) is 22.6. The largest absolute Gasteiger partial charge is 0.588 e. The number of fused-ring (bicyclic) bond motifs is 2. The predicted molar refractivity (Wildman–Crippen MR) is 450 cm³/mol. The zero-order chi connectivity index (χ0) is 84.1. The number of nitriles is 1. The van der Waals surface area contributed by atoms with E-state index in [-0.39, 0.29) is 66.6 Å². The van der Waals surface area contributed by atoms with Gasteiger partial charge >= 0.3 is 15.6 Å². The van der Waals surface area contributed by atoms with Crippen LogP contribution in [0.5, 0.6) is 28.7 Å². The van der Waals surface area contributed by atoms with Gasteiger partial charge in [-0.1, -0.05) is 243 Å². The molecule has 7 atom stereocenters. The molecule has 0 saturated carbocycles. The topological polar surface area (TPSA) is 364 Å². The number of nitrogens with zero attached hydrogens (tertiary/aromatic N) is 7. The van der Waals surface area contributed by atoms with E-state index < -0.39 is 78.9 Å². The Morgan fingerprint density at radius 3 is 1.21 bits per heavy atom. The van der Waals surface area contributed by atoms with Gasteiger partial charge in [-0.05, 0) is 99.5 Å². The maximum Gasteiger partial charge on any atom is 0.588 e. The number of nitrogen functional groups attached to an aromatic ring is 1. The maximum absolute atomic E-state index is 14.9. The van der Waals surface area contributed by atoms with Crippen molar-refractivity contribution < 1.29 is 84.2 Å². The van der Waals surface area contributed by atoms with Crippen molar-refractivity contribution in [1.29, 1.82) is 5.26 Å². The summed E-state index contributed by atoms with van der Waals surface area (Å²) >= 11 is 0. The number of nitro groups is 3. The van der Waals surface area contributed by atoms with E-state index in [2.05, 4.69) is 30.0 Å². The van der Waals surface area contributed by atoms with E-state index in [0.717, 1.165) is 38.5 Å². The number of para-hydroxylation sites is 2. The third kappa shape index (κ3) is 33.2. The lowest BCUT2D eigenvalue weighted by Gasteiger charge is -2.29. The number of phosphoric ester groups is 2. The van der Waals surface area contributed by atoms with Gasteiger partial charge in [0.15, 0.2) is 11.6 Å². The number of rotatable bonds is 61. The van der Waals surface area contributed by atoms with Crippen LogP contribution < -0.4 is 28.8 Å². The van der Waals surface area contributed by atoms with E-state index in [9.17, 15) is 44.7 Å². The van der Waals surface area contributed by atoms with Gasteiger partial charge in [0.25, 0.3) is 17.1 Å². The zero-order valence-corrected chi connectivity index (χ0v) is 70.9. The lowest BCUT2D eigenvalue weighted by molar-refractivity contribution is -0.385. The lowest BCUT2D eigenvalue weighted by Crippen LogP contribution is -2.40. The fraction of sp³-hybridized carbons (Fsp3) is 0.575. The molecule has 0 bridgehead atoms. The number of benzene rings is 5. The van der Waals surface area contributed by atoms with Crippen LogP contribution in [0.15, 0.2) is 152 Å². The molecule has 0 amide bonds. The van der Waals surface area contributed by atoms with Gasteiger partial charge in [0.2, 0.25) is 5.60 Å². The van der Waals surface area contributed by atoms with Crippen LogP contribution in [0.3, 0.4) is 0 Å². The van der Waals surface area contributed by atoms with Crippen LogP contribution in [0.2, 0.25) is 0 Å². The van der Waals surface area contributed by atoms with Crippen LogP contribution in [-0.4, -0.2) is 112 Å². The maximum atomic E-state index is 14.9. The molecule has 0 spiro atoms. The van der Waals surface area contributed by atoms with Gasteiger partial charge in [0.1, 0.15) is 90.4 Å². The van der Waals surface area contributed by atoms with Gasteiger partial charge in [-0.15, -0.1) is 0 Å². The molecule has 7 aromatic rings. The SMILES string of the molecule is CCCCCCCCCCCCCCCCCCOC[C@H](COc1ccccc1)OP(=O)(OC[C@H]1O[C@@](C#N)(c2ccc3c(N)ncnn23)[C@@H]2OC(C)(C)O[C@@H]21)Oc1ccc([N+](=O)[O-])cc1.CCCCCCCCCCCCCCCCCCOC[C@H](COc1ccccc1)OP(=O)(Oc1ccc([N+](=O)[O-])cc1)Oc1ccc([N+](=O)[O-])cc1. The molecule has 646 valence electrons. The summed E-state index contributed by atoms with van der Waals surface area (Å²) < 4.78 is 109. The summed E-state index contributed by atoms with van der Waals surface area (Å²) in [5, 5.41) is 48.9. The first-order chi connectivity index (χ1) is 57.2. The zero-order valence-electron chi connectivity index (χ0n) is 69.1. The monoisotopic (exact) mass is 1680 g/mol. The molecule has 118 heavy (non-hydrogen) atoms. The summed E-state index contributed by atoms with van der Waals surface area (Å²) in [5.74, 6) is 0.149. The highest BCUT2D eigenvalue weighted by atomic mass is 31.2. The second-order valence-corrected chi connectivity index (χ2v) is 33.4. The highest BCUT2D eigenvalue weighted by Crippen LogP contribution is 2.55. The van der Waals surface area contributed by atoms with Crippen molar-refractivity contribution in [2.24, 2.45) is 0 Å². The molecule has 9 rings (SSSR count). The van der Waals surface area contributed by atoms with Crippen molar-refractivity contribution in [3.63, 3.8) is 0 Å². The number of aromatic nitrogens is 3. The molecule has 1 unspecified atom stereocenters. The van der Waals surface area contributed by atoms with Gasteiger partial charge in [0.05, 0.1) is 40.3 Å². The second-order valence-electron chi connectivity index (χ2n) is 30.4. The van der Waals surface area contributed by atoms with Crippen LogP contribution in [-0.2, 0) is 52.0 Å². The van der Waals surface area contributed by atoms with E-state index in [1.165, 1.54) is 251 Å². The van der Waals surface area contributed by atoms with Gasteiger partial charge < -0.3 is 52.5 Å². The molecule has 2 aromatic heterocycles. The fourth-order valence-electron chi connectivity index (χ4n) is 14.0. The average Bonchev–Trinajstić information content (AvgIpc) is 1.55. The molecular formula is C87H122N8O21P2. The smallest absolute Gasteiger partial charge is 0.491 e. The van der Waals surface area contributed by atoms with Gasteiger partial charge in [-0.3, -0.25) is 43.9 Å². The molecule has 5 aromatic carbocycles. The third-order valence-electron chi connectivity index (χ3n) is 20.3. The first-order valence-electron chi connectivity index (χ1n) is 42.3. The molecule has 0 aliphatic carbocycles. The van der Waals surface area contributed by atoms with E-state index in [1.807, 2.05) is 36.4 Å². The van der Waals surface area contributed by atoms with Crippen molar-refractivity contribution in [1.82, 2.24) is 14.6 Å². The van der Waals surface area contributed by atoms with Crippen LogP contribution >= 0.6 is 15.6 Å². The number of hydrogen-bond donors (Lipinski definition) is 1. The van der Waals surface area contributed by atoms with E-state index >= 15 is 0 Å². The highest BCUT2D eigenvalue weighted by Gasteiger charge is 2.66. The molecule has 0 radical (unpaired) electrons. The third-order valence-corrected chi connectivity index (χ3v) is 23.1. The Labute approximate surface area is 694 Å². The minimum atomic E-state index is -4.66. The summed E-state index contributed by atoms with van der Waals surface area (Å²) in [5.41, 5.74) is 4.55. The minimum absolute atomic E-state index is 0.00680. The molecule has 2 aliphatic heterocycles. The van der Waals surface area contributed by atoms with Crippen molar-refractivity contribution in [2.45, 2.75) is 275 Å². The number of nitro benzene ring substituents is 3. The Morgan fingerprint density at radius 2 is 0.839 bits per heavy atom. The van der Waals surface area contributed by atoms with Crippen LogP contribution in [0, 0.1) is 41.7 Å². The van der Waals surface area contributed by atoms with Gasteiger partial charge in [-0.25, -0.2) is 18.6 Å². The Hall–Kier alpha value is -8.65. The van der Waals surface area contributed by atoms with Crippen molar-refractivity contribution >= 4 is 44.0 Å². The number of unbranched alkanes of at least 4 members (excludes halogenated alkanes) is 30. The summed E-state index contributed by atoms with van der Waals surface area (Å²) in [6.45, 7) is 8.27.